The summed E-state index contributed by atoms with van der Waals surface area (Å²) in [5.41, 5.74) is 0. The summed E-state index contributed by atoms with van der Waals surface area (Å²) < 4.78 is 0. The van der Waals surface area contributed by atoms with Gasteiger partial charge in [0, 0.05) is 16.9 Å². The highest BCUT2D eigenvalue weighted by molar-refractivity contribution is 8.00. The van der Waals surface area contributed by atoms with Crippen LogP contribution in [0.15, 0.2) is 0 Å². The van der Waals surface area contributed by atoms with Gasteiger partial charge < -0.3 is 0 Å². The molecule has 0 unspecified atom stereocenters. The summed E-state index contributed by atoms with van der Waals surface area (Å²) in [7, 11) is 0. The third-order valence-corrected chi connectivity index (χ3v) is 4.04. The molecule has 0 heterocycles. The number of carbonyl (C=O) groups excluding carboxylic acids is 1. The Labute approximate surface area is 85.7 Å². The summed E-state index contributed by atoms with van der Waals surface area (Å²) in [6.45, 7) is 3.87. The average Bonchev–Trinajstić information content (AvgIpc) is 2.04. The molecule has 1 aliphatic carbocycles. The van der Waals surface area contributed by atoms with E-state index < -0.39 is 0 Å². The zero-order valence-electron chi connectivity index (χ0n) is 8.71. The van der Waals surface area contributed by atoms with Crippen molar-refractivity contribution in [1.29, 1.82) is 0 Å². The second kappa shape index (κ2) is 5.69. The molecule has 0 aromatic rings. The van der Waals surface area contributed by atoms with Crippen LogP contribution in [-0.2, 0) is 4.79 Å². The zero-order chi connectivity index (χ0) is 9.68. The van der Waals surface area contributed by atoms with E-state index in [1.165, 1.54) is 32.1 Å². The first-order chi connectivity index (χ1) is 6.18. The van der Waals surface area contributed by atoms with Gasteiger partial charge in [-0.1, -0.05) is 26.2 Å². The van der Waals surface area contributed by atoms with Gasteiger partial charge in [-0.25, -0.2) is 0 Å². The van der Waals surface area contributed by atoms with Gasteiger partial charge in [-0.05, 0) is 19.8 Å². The number of Topliss-reactive ketones (excluding diaryl/α,β-unsaturated/α-hetero) is 1. The highest BCUT2D eigenvalue weighted by atomic mass is 32.2. The van der Waals surface area contributed by atoms with Crippen molar-refractivity contribution in [2.24, 2.45) is 0 Å². The summed E-state index contributed by atoms with van der Waals surface area (Å²) in [5.74, 6) is 0.329. The topological polar surface area (TPSA) is 17.1 Å². The fourth-order valence-corrected chi connectivity index (χ4v) is 3.58. The molecule has 0 aliphatic heterocycles. The lowest BCUT2D eigenvalue weighted by Gasteiger charge is -2.23. The zero-order valence-corrected chi connectivity index (χ0v) is 9.53. The largest absolute Gasteiger partial charge is 0.300 e. The van der Waals surface area contributed by atoms with Crippen LogP contribution in [0.1, 0.15) is 52.4 Å². The number of hydrogen-bond donors (Lipinski definition) is 0. The molecule has 1 aliphatic rings. The second-order valence-corrected chi connectivity index (χ2v) is 5.86. The monoisotopic (exact) mass is 200 g/mol. The van der Waals surface area contributed by atoms with Crippen molar-refractivity contribution in [2.75, 3.05) is 0 Å². The molecule has 2 heteroatoms. The fraction of sp³-hybridized carbons (Fsp3) is 0.909. The van der Waals surface area contributed by atoms with Crippen LogP contribution in [0.4, 0.5) is 0 Å². The van der Waals surface area contributed by atoms with E-state index in [4.69, 9.17) is 0 Å². The average molecular weight is 200 g/mol. The molecule has 1 fully saturated rings. The molecule has 0 aromatic carbocycles. The van der Waals surface area contributed by atoms with Crippen LogP contribution in [0.25, 0.3) is 0 Å². The second-order valence-electron chi connectivity index (χ2n) is 4.11. The normalized spacial score (nSPS) is 21.4. The molecule has 0 bridgehead atoms. The van der Waals surface area contributed by atoms with Crippen LogP contribution in [0.3, 0.4) is 0 Å². The van der Waals surface area contributed by atoms with Crippen molar-refractivity contribution >= 4 is 17.5 Å². The van der Waals surface area contributed by atoms with Crippen LogP contribution in [-0.4, -0.2) is 16.3 Å². The smallest absolute Gasteiger partial charge is 0.130 e. The van der Waals surface area contributed by atoms with Crippen LogP contribution >= 0.6 is 11.8 Å². The Morgan fingerprint density at radius 1 is 1.38 bits per heavy atom. The Kier molecular flexibility index (Phi) is 4.86. The van der Waals surface area contributed by atoms with Crippen molar-refractivity contribution in [1.82, 2.24) is 0 Å². The summed E-state index contributed by atoms with van der Waals surface area (Å²) in [5, 5.41) is 1.36. The van der Waals surface area contributed by atoms with Gasteiger partial charge in [-0.3, -0.25) is 4.79 Å². The van der Waals surface area contributed by atoms with Crippen molar-refractivity contribution < 1.29 is 4.79 Å². The van der Waals surface area contributed by atoms with Gasteiger partial charge in [0.2, 0.25) is 0 Å². The maximum absolute atomic E-state index is 10.9. The van der Waals surface area contributed by atoms with Gasteiger partial charge in [0.05, 0.1) is 0 Å². The summed E-state index contributed by atoms with van der Waals surface area (Å²) in [6, 6.07) is 0. The van der Waals surface area contributed by atoms with E-state index in [0.29, 0.717) is 11.0 Å². The lowest BCUT2D eigenvalue weighted by atomic mass is 10.0. The molecule has 1 nitrogen and oxygen atoms in total. The van der Waals surface area contributed by atoms with Crippen LogP contribution in [0.2, 0.25) is 0 Å². The number of rotatable bonds is 4. The Morgan fingerprint density at radius 2 is 2.00 bits per heavy atom. The molecule has 0 N–H and O–H groups in total. The van der Waals surface area contributed by atoms with E-state index in [0.717, 1.165) is 11.7 Å². The van der Waals surface area contributed by atoms with Gasteiger partial charge >= 0.3 is 0 Å². The van der Waals surface area contributed by atoms with Gasteiger partial charge in [0.15, 0.2) is 0 Å². The van der Waals surface area contributed by atoms with E-state index in [1.807, 2.05) is 11.8 Å². The Balaban J connectivity index is 2.18. The molecule has 0 spiro atoms. The molecule has 0 saturated heterocycles. The third-order valence-electron chi connectivity index (χ3n) is 2.55. The van der Waals surface area contributed by atoms with Crippen molar-refractivity contribution in [2.45, 2.75) is 62.9 Å². The standard InChI is InChI=1S/C11H20OS/c1-9(12)8-10(2)13-11-6-4-3-5-7-11/h10-11H,3-8H2,1-2H3/t10-/m0/s1. The van der Waals surface area contributed by atoms with E-state index >= 15 is 0 Å². The van der Waals surface area contributed by atoms with E-state index in [1.54, 1.807) is 6.92 Å². The first kappa shape index (κ1) is 11.1. The molecule has 1 atom stereocenters. The Bertz CT molecular complexity index is 161. The molecule has 0 aromatic heterocycles. The van der Waals surface area contributed by atoms with E-state index in [9.17, 15) is 4.79 Å². The van der Waals surface area contributed by atoms with Gasteiger partial charge in [-0.2, -0.15) is 11.8 Å². The highest BCUT2D eigenvalue weighted by Crippen LogP contribution is 2.31. The highest BCUT2D eigenvalue weighted by Gasteiger charge is 2.17. The van der Waals surface area contributed by atoms with Crippen molar-refractivity contribution in [3.05, 3.63) is 0 Å². The molecule has 1 rings (SSSR count). The van der Waals surface area contributed by atoms with Gasteiger partial charge in [0.1, 0.15) is 5.78 Å². The minimum absolute atomic E-state index is 0.329. The number of hydrogen-bond acceptors (Lipinski definition) is 2. The van der Waals surface area contributed by atoms with Crippen LogP contribution < -0.4 is 0 Å². The molecule has 0 radical (unpaired) electrons. The maximum Gasteiger partial charge on any atom is 0.130 e. The van der Waals surface area contributed by atoms with Crippen molar-refractivity contribution in [3.8, 4) is 0 Å². The minimum atomic E-state index is 0.329. The SMILES string of the molecule is CC(=O)C[C@H](C)SC1CCCCC1. The predicted octanol–water partition coefficient (Wildman–Crippen LogP) is 3.42. The van der Waals surface area contributed by atoms with Crippen molar-refractivity contribution in [3.63, 3.8) is 0 Å². The van der Waals surface area contributed by atoms with Crippen LogP contribution in [0, 0.1) is 0 Å². The maximum atomic E-state index is 10.9. The van der Waals surface area contributed by atoms with Gasteiger partial charge in [0.25, 0.3) is 0 Å². The minimum Gasteiger partial charge on any atom is -0.300 e. The lowest BCUT2D eigenvalue weighted by Crippen LogP contribution is -2.14. The molecule has 1 saturated carbocycles. The fourth-order valence-electron chi connectivity index (χ4n) is 1.98. The Morgan fingerprint density at radius 3 is 2.54 bits per heavy atom. The summed E-state index contributed by atoms with van der Waals surface area (Å²) in [6.07, 6.45) is 7.69. The summed E-state index contributed by atoms with van der Waals surface area (Å²) in [4.78, 5) is 10.9. The molecular formula is C11H20OS. The molecule has 0 amide bonds. The quantitative estimate of drug-likeness (QED) is 0.691. The first-order valence-electron chi connectivity index (χ1n) is 5.33. The van der Waals surface area contributed by atoms with Gasteiger partial charge in [-0.15, -0.1) is 0 Å². The summed E-state index contributed by atoms with van der Waals surface area (Å²) >= 11 is 2.03. The van der Waals surface area contributed by atoms with Crippen LogP contribution in [0.5, 0.6) is 0 Å². The molecular weight excluding hydrogens is 180 g/mol. The molecule has 13 heavy (non-hydrogen) atoms. The number of ketones is 1. The first-order valence-corrected chi connectivity index (χ1v) is 6.27. The number of thioether (sulfide) groups is 1. The Hall–Kier alpha value is 0.0200. The van der Waals surface area contributed by atoms with E-state index in [2.05, 4.69) is 6.92 Å². The number of carbonyl (C=O) groups is 1. The molecule has 76 valence electrons. The predicted molar refractivity (Wildman–Crippen MR) is 59.2 cm³/mol. The van der Waals surface area contributed by atoms with E-state index in [-0.39, 0.29) is 0 Å². The lowest BCUT2D eigenvalue weighted by molar-refractivity contribution is -0.116. The third kappa shape index (κ3) is 4.70.